The molecule has 2 amide bonds. The van der Waals surface area contributed by atoms with Crippen LogP contribution in [-0.2, 0) is 11.3 Å². The smallest absolute Gasteiger partial charge is 0.251 e. The highest BCUT2D eigenvalue weighted by molar-refractivity contribution is 5.94. The lowest BCUT2D eigenvalue weighted by molar-refractivity contribution is -0.116. The van der Waals surface area contributed by atoms with E-state index in [9.17, 15) is 14.0 Å². The van der Waals surface area contributed by atoms with Crippen molar-refractivity contribution in [2.75, 3.05) is 0 Å². The first kappa shape index (κ1) is 19.4. The average molecular weight is 354 g/mol. The molecule has 0 spiro atoms. The Morgan fingerprint density at radius 3 is 2.65 bits per heavy atom. The molecule has 0 aliphatic heterocycles. The van der Waals surface area contributed by atoms with Gasteiger partial charge in [0.1, 0.15) is 5.82 Å². The minimum absolute atomic E-state index is 0.110. The summed E-state index contributed by atoms with van der Waals surface area (Å²) in [5.74, 6) is -0.762. The molecule has 0 saturated carbocycles. The standard InChI is InChI=1S/C21H23FN2O2/c1-3-15(2)24-21(26)18-8-4-7-17(12-18)14-23-20(25)11-10-16-6-5-9-19(22)13-16/h4-13,15H,3,14H2,1-2H3,(H,23,25)(H,24,26)/b11-10+. The van der Waals surface area contributed by atoms with Gasteiger partial charge in [-0.25, -0.2) is 4.39 Å². The van der Waals surface area contributed by atoms with Gasteiger partial charge in [0, 0.05) is 24.2 Å². The summed E-state index contributed by atoms with van der Waals surface area (Å²) in [6.45, 7) is 4.26. The zero-order valence-corrected chi connectivity index (χ0v) is 15.0. The molecule has 26 heavy (non-hydrogen) atoms. The summed E-state index contributed by atoms with van der Waals surface area (Å²) in [4.78, 5) is 24.1. The van der Waals surface area contributed by atoms with Crippen LogP contribution in [0.3, 0.4) is 0 Å². The number of carbonyl (C=O) groups excluding carboxylic acids is 2. The molecule has 2 N–H and O–H groups in total. The molecule has 1 atom stereocenters. The average Bonchev–Trinajstić information content (AvgIpc) is 2.64. The molecular formula is C21H23FN2O2. The molecule has 4 nitrogen and oxygen atoms in total. The van der Waals surface area contributed by atoms with Gasteiger partial charge in [-0.2, -0.15) is 0 Å². The van der Waals surface area contributed by atoms with Gasteiger partial charge in [0.25, 0.3) is 5.91 Å². The Bertz CT molecular complexity index is 802. The second-order valence-electron chi connectivity index (χ2n) is 6.09. The van der Waals surface area contributed by atoms with Crippen LogP contribution in [0.15, 0.2) is 54.6 Å². The van der Waals surface area contributed by atoms with Gasteiger partial charge in [-0.3, -0.25) is 9.59 Å². The van der Waals surface area contributed by atoms with Crippen molar-refractivity contribution in [1.29, 1.82) is 0 Å². The fourth-order valence-corrected chi connectivity index (χ4v) is 2.26. The minimum Gasteiger partial charge on any atom is -0.350 e. The molecule has 0 aromatic heterocycles. The molecule has 0 bridgehead atoms. The highest BCUT2D eigenvalue weighted by atomic mass is 19.1. The molecule has 2 aromatic rings. The molecule has 0 saturated heterocycles. The van der Waals surface area contributed by atoms with Gasteiger partial charge in [-0.15, -0.1) is 0 Å². The van der Waals surface area contributed by atoms with Gasteiger partial charge in [0.2, 0.25) is 5.91 Å². The van der Waals surface area contributed by atoms with Crippen molar-refractivity contribution in [3.05, 3.63) is 77.1 Å². The van der Waals surface area contributed by atoms with Crippen LogP contribution in [-0.4, -0.2) is 17.9 Å². The Labute approximate surface area is 153 Å². The van der Waals surface area contributed by atoms with Gasteiger partial charge < -0.3 is 10.6 Å². The highest BCUT2D eigenvalue weighted by Gasteiger charge is 2.09. The van der Waals surface area contributed by atoms with E-state index in [1.165, 1.54) is 18.2 Å². The Balaban J connectivity index is 1.91. The van der Waals surface area contributed by atoms with Crippen LogP contribution in [0.4, 0.5) is 4.39 Å². The summed E-state index contributed by atoms with van der Waals surface area (Å²) < 4.78 is 13.1. The van der Waals surface area contributed by atoms with E-state index in [1.807, 2.05) is 19.9 Å². The summed E-state index contributed by atoms with van der Waals surface area (Å²) in [6, 6.07) is 13.2. The number of halogens is 1. The van der Waals surface area contributed by atoms with Crippen molar-refractivity contribution >= 4 is 17.9 Å². The van der Waals surface area contributed by atoms with Crippen LogP contribution in [0.2, 0.25) is 0 Å². The maximum absolute atomic E-state index is 13.1. The van der Waals surface area contributed by atoms with Crippen LogP contribution in [0, 0.1) is 5.82 Å². The molecule has 0 heterocycles. The van der Waals surface area contributed by atoms with Crippen LogP contribution in [0.25, 0.3) is 6.08 Å². The molecular weight excluding hydrogens is 331 g/mol. The summed E-state index contributed by atoms with van der Waals surface area (Å²) >= 11 is 0. The first-order valence-electron chi connectivity index (χ1n) is 8.59. The summed E-state index contributed by atoms with van der Waals surface area (Å²) in [5, 5.41) is 5.66. The third kappa shape index (κ3) is 6.16. The third-order valence-electron chi connectivity index (χ3n) is 3.92. The normalized spacial score (nSPS) is 12.0. The number of rotatable bonds is 7. The zero-order valence-electron chi connectivity index (χ0n) is 15.0. The molecule has 2 aromatic carbocycles. The largest absolute Gasteiger partial charge is 0.350 e. The highest BCUT2D eigenvalue weighted by Crippen LogP contribution is 2.07. The Morgan fingerprint density at radius 1 is 1.15 bits per heavy atom. The van der Waals surface area contributed by atoms with E-state index in [0.29, 0.717) is 17.7 Å². The number of hydrogen-bond acceptors (Lipinski definition) is 2. The van der Waals surface area contributed by atoms with Gasteiger partial charge in [0.05, 0.1) is 0 Å². The van der Waals surface area contributed by atoms with Gasteiger partial charge in [0.15, 0.2) is 0 Å². The van der Waals surface area contributed by atoms with Crippen LogP contribution in [0.1, 0.15) is 41.8 Å². The quantitative estimate of drug-likeness (QED) is 0.745. The molecule has 2 rings (SSSR count). The van der Waals surface area contributed by atoms with E-state index in [0.717, 1.165) is 12.0 Å². The van der Waals surface area contributed by atoms with Crippen molar-refractivity contribution in [3.8, 4) is 0 Å². The van der Waals surface area contributed by atoms with E-state index in [4.69, 9.17) is 0 Å². The van der Waals surface area contributed by atoms with E-state index in [-0.39, 0.29) is 23.7 Å². The van der Waals surface area contributed by atoms with E-state index in [2.05, 4.69) is 10.6 Å². The van der Waals surface area contributed by atoms with E-state index >= 15 is 0 Å². The summed E-state index contributed by atoms with van der Waals surface area (Å²) in [6.07, 6.45) is 3.77. The lowest BCUT2D eigenvalue weighted by Crippen LogP contribution is -2.32. The van der Waals surface area contributed by atoms with Crippen molar-refractivity contribution < 1.29 is 14.0 Å². The van der Waals surface area contributed by atoms with Gasteiger partial charge >= 0.3 is 0 Å². The number of amides is 2. The lowest BCUT2D eigenvalue weighted by atomic mass is 10.1. The fraction of sp³-hybridized carbons (Fsp3) is 0.238. The third-order valence-corrected chi connectivity index (χ3v) is 3.92. The monoisotopic (exact) mass is 354 g/mol. The summed E-state index contributed by atoms with van der Waals surface area (Å²) in [7, 11) is 0. The second kappa shape index (κ2) is 9.51. The lowest BCUT2D eigenvalue weighted by Gasteiger charge is -2.12. The maximum Gasteiger partial charge on any atom is 0.251 e. The molecule has 0 fully saturated rings. The number of carbonyl (C=O) groups is 2. The van der Waals surface area contributed by atoms with Crippen LogP contribution < -0.4 is 10.6 Å². The summed E-state index contributed by atoms with van der Waals surface area (Å²) in [5.41, 5.74) is 2.01. The second-order valence-corrected chi connectivity index (χ2v) is 6.09. The van der Waals surface area contributed by atoms with Gasteiger partial charge in [-0.05, 0) is 54.8 Å². The Morgan fingerprint density at radius 2 is 1.92 bits per heavy atom. The predicted octanol–water partition coefficient (Wildman–Crippen LogP) is 3.68. The molecule has 0 aliphatic carbocycles. The fourth-order valence-electron chi connectivity index (χ4n) is 2.26. The molecule has 136 valence electrons. The zero-order chi connectivity index (χ0) is 18.9. The molecule has 1 unspecified atom stereocenters. The van der Waals surface area contributed by atoms with E-state index < -0.39 is 0 Å². The van der Waals surface area contributed by atoms with Crippen molar-refractivity contribution in [3.63, 3.8) is 0 Å². The SMILES string of the molecule is CCC(C)NC(=O)c1cccc(CNC(=O)/C=C/c2cccc(F)c2)c1. The predicted molar refractivity (Wildman–Crippen MR) is 101 cm³/mol. The van der Waals surface area contributed by atoms with Crippen molar-refractivity contribution in [2.45, 2.75) is 32.9 Å². The number of nitrogens with one attached hydrogen (secondary N) is 2. The topological polar surface area (TPSA) is 58.2 Å². The van der Waals surface area contributed by atoms with Crippen LogP contribution in [0.5, 0.6) is 0 Å². The molecule has 0 radical (unpaired) electrons. The van der Waals surface area contributed by atoms with Crippen molar-refractivity contribution in [2.24, 2.45) is 0 Å². The first-order chi connectivity index (χ1) is 12.5. The first-order valence-corrected chi connectivity index (χ1v) is 8.59. The van der Waals surface area contributed by atoms with Crippen LogP contribution >= 0.6 is 0 Å². The van der Waals surface area contributed by atoms with E-state index in [1.54, 1.807) is 36.4 Å². The molecule has 5 heteroatoms. The minimum atomic E-state index is -0.347. The Kier molecular flexibility index (Phi) is 7.09. The number of benzene rings is 2. The molecule has 0 aliphatic rings. The maximum atomic E-state index is 13.1. The Hall–Kier alpha value is -2.95. The van der Waals surface area contributed by atoms with Crippen molar-refractivity contribution in [1.82, 2.24) is 10.6 Å². The van der Waals surface area contributed by atoms with Gasteiger partial charge in [-0.1, -0.05) is 31.2 Å². The number of hydrogen-bond donors (Lipinski definition) is 2.